The average molecular weight is 340 g/mol. The van der Waals surface area contributed by atoms with Crippen molar-refractivity contribution < 1.29 is 9.59 Å². The summed E-state index contributed by atoms with van der Waals surface area (Å²) in [5, 5.41) is 4.84. The van der Waals surface area contributed by atoms with Crippen LogP contribution in [0, 0.1) is 6.92 Å². The zero-order valence-electron chi connectivity index (χ0n) is 13.6. The van der Waals surface area contributed by atoms with Crippen molar-refractivity contribution in [3.63, 3.8) is 0 Å². The lowest BCUT2D eigenvalue weighted by Crippen LogP contribution is -2.35. The third kappa shape index (κ3) is 3.92. The monoisotopic (exact) mass is 340 g/mol. The third-order valence-electron chi connectivity index (χ3n) is 4.03. The summed E-state index contributed by atoms with van der Waals surface area (Å²) in [5.74, 6) is -0.0198. The van der Waals surface area contributed by atoms with Crippen molar-refractivity contribution >= 4 is 40.6 Å². The Morgan fingerprint density at radius 1 is 1.29 bits per heavy atom. The lowest BCUT2D eigenvalue weighted by molar-refractivity contribution is -0.119. The van der Waals surface area contributed by atoms with Gasteiger partial charge in [0.2, 0.25) is 11.8 Å². The van der Waals surface area contributed by atoms with Crippen molar-refractivity contribution in [3.8, 4) is 0 Å². The van der Waals surface area contributed by atoms with Gasteiger partial charge in [-0.25, -0.2) is 0 Å². The van der Waals surface area contributed by atoms with Crippen molar-refractivity contribution in [2.75, 3.05) is 16.8 Å². The zero-order chi connectivity index (χ0) is 16.9. The van der Waals surface area contributed by atoms with E-state index in [1.807, 2.05) is 47.5 Å². The van der Waals surface area contributed by atoms with Crippen LogP contribution in [0.15, 0.2) is 41.8 Å². The Morgan fingerprint density at radius 3 is 2.92 bits per heavy atom. The second-order valence-corrected chi connectivity index (χ2v) is 6.82. The molecule has 0 radical (unpaired) electrons. The standard InChI is InChI=1S/C19H20N2O2S/c1-14-7-8-15(13-17(14)21-11-3-2-6-19(21)23)20-18(22)10-9-16-5-4-12-24-16/h4-5,7-10,12-13H,2-3,6,11H2,1H3,(H,20,22)/b10-9+. The molecule has 1 aliphatic heterocycles. The van der Waals surface area contributed by atoms with Crippen molar-refractivity contribution in [3.05, 3.63) is 52.2 Å². The Kier molecular flexibility index (Phi) is 5.11. The molecule has 4 nitrogen and oxygen atoms in total. The predicted octanol–water partition coefficient (Wildman–Crippen LogP) is 4.23. The molecule has 0 unspecified atom stereocenters. The van der Waals surface area contributed by atoms with Crippen molar-refractivity contribution in [2.45, 2.75) is 26.2 Å². The van der Waals surface area contributed by atoms with Gasteiger partial charge in [-0.15, -0.1) is 11.3 Å². The van der Waals surface area contributed by atoms with Gasteiger partial charge < -0.3 is 10.2 Å². The van der Waals surface area contributed by atoms with E-state index in [-0.39, 0.29) is 11.8 Å². The molecule has 2 amide bonds. The lowest BCUT2D eigenvalue weighted by Gasteiger charge is -2.28. The third-order valence-corrected chi connectivity index (χ3v) is 4.87. The topological polar surface area (TPSA) is 49.4 Å². The van der Waals surface area contributed by atoms with Gasteiger partial charge in [0.25, 0.3) is 0 Å². The molecular formula is C19H20N2O2S. The number of anilines is 2. The Balaban J connectivity index is 1.73. The highest BCUT2D eigenvalue weighted by Crippen LogP contribution is 2.27. The number of thiophene rings is 1. The van der Waals surface area contributed by atoms with Gasteiger partial charge in [0.15, 0.2) is 0 Å². The predicted molar refractivity (Wildman–Crippen MR) is 99.4 cm³/mol. The first-order valence-electron chi connectivity index (χ1n) is 8.07. The smallest absolute Gasteiger partial charge is 0.248 e. The zero-order valence-corrected chi connectivity index (χ0v) is 14.4. The van der Waals surface area contributed by atoms with Crippen LogP contribution in [-0.4, -0.2) is 18.4 Å². The molecule has 3 rings (SSSR count). The molecule has 124 valence electrons. The molecule has 5 heteroatoms. The Labute approximate surface area is 145 Å². The summed E-state index contributed by atoms with van der Waals surface area (Å²) < 4.78 is 0. The molecule has 1 aliphatic rings. The fourth-order valence-electron chi connectivity index (χ4n) is 2.77. The van der Waals surface area contributed by atoms with E-state index in [4.69, 9.17) is 0 Å². The van der Waals surface area contributed by atoms with Gasteiger partial charge in [-0.3, -0.25) is 9.59 Å². The van der Waals surface area contributed by atoms with Crippen LogP contribution in [0.5, 0.6) is 0 Å². The quantitative estimate of drug-likeness (QED) is 0.847. The van der Waals surface area contributed by atoms with Gasteiger partial charge in [0.1, 0.15) is 0 Å². The maximum Gasteiger partial charge on any atom is 0.248 e. The molecule has 2 heterocycles. The summed E-state index contributed by atoms with van der Waals surface area (Å²) in [4.78, 5) is 27.1. The van der Waals surface area contributed by atoms with Crippen LogP contribution >= 0.6 is 11.3 Å². The minimum atomic E-state index is -0.178. The number of hydrogen-bond acceptors (Lipinski definition) is 3. The average Bonchev–Trinajstić information content (AvgIpc) is 3.09. The van der Waals surface area contributed by atoms with Crippen molar-refractivity contribution in [1.29, 1.82) is 0 Å². The van der Waals surface area contributed by atoms with Crippen LogP contribution in [0.1, 0.15) is 29.7 Å². The molecule has 2 aromatic rings. The summed E-state index contributed by atoms with van der Waals surface area (Å²) in [6.45, 7) is 2.73. The van der Waals surface area contributed by atoms with Crippen LogP contribution in [0.3, 0.4) is 0 Å². The molecule has 0 saturated carbocycles. The number of hydrogen-bond donors (Lipinski definition) is 1. The van der Waals surface area contributed by atoms with Gasteiger partial charge >= 0.3 is 0 Å². The van der Waals surface area contributed by atoms with Gasteiger partial charge in [0, 0.05) is 35.3 Å². The minimum absolute atomic E-state index is 0.158. The van der Waals surface area contributed by atoms with Crippen molar-refractivity contribution in [2.24, 2.45) is 0 Å². The molecule has 0 atom stereocenters. The molecule has 0 bridgehead atoms. The normalized spacial score (nSPS) is 15.0. The van der Waals surface area contributed by atoms with E-state index in [2.05, 4.69) is 5.32 Å². The number of nitrogens with zero attached hydrogens (tertiary/aromatic N) is 1. The Morgan fingerprint density at radius 2 is 2.17 bits per heavy atom. The van der Waals surface area contributed by atoms with E-state index in [1.54, 1.807) is 17.4 Å². The summed E-state index contributed by atoms with van der Waals surface area (Å²) in [6, 6.07) is 9.60. The number of amides is 2. The van der Waals surface area contributed by atoms with Gasteiger partial charge in [0.05, 0.1) is 0 Å². The molecular weight excluding hydrogens is 320 g/mol. The lowest BCUT2D eigenvalue weighted by atomic mass is 10.1. The molecule has 1 aromatic heterocycles. The second kappa shape index (κ2) is 7.45. The Hall–Kier alpha value is -2.40. The van der Waals surface area contributed by atoms with Gasteiger partial charge in [-0.05, 0) is 55.0 Å². The largest absolute Gasteiger partial charge is 0.322 e. The highest BCUT2D eigenvalue weighted by atomic mass is 32.1. The summed E-state index contributed by atoms with van der Waals surface area (Å²) in [5.41, 5.74) is 2.63. The number of piperidine rings is 1. The molecule has 24 heavy (non-hydrogen) atoms. The highest BCUT2D eigenvalue weighted by molar-refractivity contribution is 7.10. The first kappa shape index (κ1) is 16.5. The Bertz CT molecular complexity index is 766. The molecule has 1 fully saturated rings. The maximum atomic E-state index is 12.1. The second-order valence-electron chi connectivity index (χ2n) is 5.84. The van der Waals surface area contributed by atoms with Crippen molar-refractivity contribution in [1.82, 2.24) is 0 Å². The van der Waals surface area contributed by atoms with Crippen LogP contribution in [0.25, 0.3) is 6.08 Å². The van der Waals surface area contributed by atoms with E-state index in [0.717, 1.165) is 35.5 Å². The number of aryl methyl sites for hydroxylation is 1. The van der Waals surface area contributed by atoms with Crippen LogP contribution in [0.4, 0.5) is 11.4 Å². The van der Waals surface area contributed by atoms with Gasteiger partial charge in [-0.1, -0.05) is 12.1 Å². The van der Waals surface area contributed by atoms with E-state index in [9.17, 15) is 9.59 Å². The first-order valence-corrected chi connectivity index (χ1v) is 8.95. The highest BCUT2D eigenvalue weighted by Gasteiger charge is 2.21. The molecule has 1 N–H and O–H groups in total. The molecule has 0 spiro atoms. The SMILES string of the molecule is Cc1ccc(NC(=O)/C=C/c2cccs2)cc1N1CCCCC1=O. The maximum absolute atomic E-state index is 12.1. The minimum Gasteiger partial charge on any atom is -0.322 e. The first-order chi connectivity index (χ1) is 11.6. The van der Waals surface area contributed by atoms with E-state index >= 15 is 0 Å². The van der Waals surface area contributed by atoms with E-state index in [0.29, 0.717) is 12.1 Å². The summed E-state index contributed by atoms with van der Waals surface area (Å²) >= 11 is 1.58. The number of nitrogens with one attached hydrogen (secondary N) is 1. The summed E-state index contributed by atoms with van der Waals surface area (Å²) in [7, 11) is 0. The summed E-state index contributed by atoms with van der Waals surface area (Å²) in [6.07, 6.45) is 5.89. The molecule has 1 aromatic carbocycles. The molecule has 1 saturated heterocycles. The number of carbonyl (C=O) groups excluding carboxylic acids is 2. The van der Waals surface area contributed by atoms with Crippen LogP contribution in [0.2, 0.25) is 0 Å². The number of benzene rings is 1. The fourth-order valence-corrected chi connectivity index (χ4v) is 3.38. The van der Waals surface area contributed by atoms with Crippen LogP contribution < -0.4 is 10.2 Å². The number of rotatable bonds is 4. The van der Waals surface area contributed by atoms with Gasteiger partial charge in [-0.2, -0.15) is 0 Å². The molecule has 0 aliphatic carbocycles. The van der Waals surface area contributed by atoms with E-state index < -0.39 is 0 Å². The number of carbonyl (C=O) groups is 2. The van der Waals surface area contributed by atoms with Crippen LogP contribution in [-0.2, 0) is 9.59 Å². The fraction of sp³-hybridized carbons (Fsp3) is 0.263. The van der Waals surface area contributed by atoms with E-state index in [1.165, 1.54) is 6.08 Å².